The summed E-state index contributed by atoms with van der Waals surface area (Å²) >= 11 is -1.91. The summed E-state index contributed by atoms with van der Waals surface area (Å²) in [5, 5.41) is 0. The van der Waals surface area contributed by atoms with Gasteiger partial charge in [-0.1, -0.05) is 0 Å². The molecule has 2 aromatic rings. The molecule has 148 valence electrons. The fourth-order valence-electron chi connectivity index (χ4n) is 5.38. The van der Waals surface area contributed by atoms with Crippen LogP contribution >= 0.6 is 0 Å². The first-order chi connectivity index (χ1) is 13.8. The Bertz CT molecular complexity index is 1090. The van der Waals surface area contributed by atoms with Crippen LogP contribution in [0.5, 0.6) is 0 Å². The van der Waals surface area contributed by atoms with Gasteiger partial charge in [0.2, 0.25) is 0 Å². The summed E-state index contributed by atoms with van der Waals surface area (Å²) in [5.41, 5.74) is 13.3. The molecule has 2 aliphatic rings. The Morgan fingerprint density at radius 3 is 1.97 bits per heavy atom. The van der Waals surface area contributed by atoms with Crippen LogP contribution in [0.2, 0.25) is 16.7 Å². The van der Waals surface area contributed by atoms with Crippen LogP contribution in [0.1, 0.15) is 55.1 Å². The van der Waals surface area contributed by atoms with Gasteiger partial charge in [0, 0.05) is 0 Å². The zero-order valence-corrected chi connectivity index (χ0v) is 22.2. The first-order valence-corrected chi connectivity index (χ1v) is 19.6. The standard InChI is InChI=1S/C15H12N.C9H13.C2H6Si.Zr/c1-11-10-12-6-2-3-7-13(12)15(11)14-8-4-5-9-16-14;1-6-5-7(2)9(4)8(6)3;1-3-2;/h2-10H,1H3;5H,1-4H3;1-2H3;. The summed E-state index contributed by atoms with van der Waals surface area (Å²) in [6, 6.07) is 15.5. The molecule has 0 radical (unpaired) electrons. The molecule has 1 atom stereocenters. The molecule has 0 spiro atoms. The van der Waals surface area contributed by atoms with E-state index in [0.29, 0.717) is 3.63 Å². The molecule has 1 aromatic heterocycles. The van der Waals surface area contributed by atoms with Crippen molar-refractivity contribution in [3.63, 3.8) is 0 Å². The maximum absolute atomic E-state index is 4.75. The Hall–Kier alpha value is -1.31. The van der Waals surface area contributed by atoms with Crippen molar-refractivity contribution in [3.8, 4) is 0 Å². The van der Waals surface area contributed by atoms with Gasteiger partial charge in [0.1, 0.15) is 0 Å². The third-order valence-corrected chi connectivity index (χ3v) is 27.2. The molecule has 1 aromatic carbocycles. The molecule has 3 heteroatoms. The summed E-state index contributed by atoms with van der Waals surface area (Å²) < 4.78 is 1.43. The predicted octanol–water partition coefficient (Wildman–Crippen LogP) is 7.30. The van der Waals surface area contributed by atoms with E-state index in [0.717, 1.165) is 9.32 Å². The molecule has 0 bridgehead atoms. The number of aromatic nitrogens is 1. The fraction of sp³-hybridized carbons (Fsp3) is 0.346. The number of pyridine rings is 1. The van der Waals surface area contributed by atoms with Crippen molar-refractivity contribution in [2.45, 2.75) is 55.0 Å². The summed E-state index contributed by atoms with van der Waals surface area (Å²) in [5.74, 6) is 0. The number of nitrogens with zero attached hydrogens (tertiary/aromatic N) is 1. The first kappa shape index (κ1) is 20.9. The van der Waals surface area contributed by atoms with Crippen LogP contribution in [-0.4, -0.2) is 10.4 Å². The zero-order valence-electron chi connectivity index (χ0n) is 18.7. The van der Waals surface area contributed by atoms with Gasteiger partial charge in [-0.25, -0.2) is 0 Å². The molecule has 1 unspecified atom stereocenters. The van der Waals surface area contributed by atoms with E-state index in [9.17, 15) is 0 Å². The summed E-state index contributed by atoms with van der Waals surface area (Å²) in [7, 11) is 0. The van der Waals surface area contributed by atoms with E-state index >= 15 is 0 Å². The van der Waals surface area contributed by atoms with Crippen molar-refractivity contribution < 1.29 is 20.4 Å². The van der Waals surface area contributed by atoms with Crippen LogP contribution in [-0.2, 0) is 20.4 Å². The molecule has 4 rings (SSSR count). The van der Waals surface area contributed by atoms with Crippen LogP contribution in [0.25, 0.3) is 5.57 Å². The third-order valence-electron chi connectivity index (χ3n) is 7.10. The molecule has 29 heavy (non-hydrogen) atoms. The number of fused-ring (bicyclic) bond motifs is 1. The van der Waals surface area contributed by atoms with Crippen molar-refractivity contribution >= 4 is 11.0 Å². The van der Waals surface area contributed by atoms with Crippen LogP contribution in [0.15, 0.2) is 76.5 Å². The normalized spacial score (nSPS) is 19.3. The molecule has 0 saturated carbocycles. The van der Waals surface area contributed by atoms with Crippen molar-refractivity contribution in [1.29, 1.82) is 0 Å². The summed E-state index contributed by atoms with van der Waals surface area (Å²) in [6.45, 7) is 17.1. The van der Waals surface area contributed by atoms with E-state index in [1.807, 2.05) is 12.3 Å². The second-order valence-corrected chi connectivity index (χ2v) is 26.7. The minimum absolute atomic E-state index is 0.355. The van der Waals surface area contributed by atoms with Crippen LogP contribution < -0.4 is 0 Å². The van der Waals surface area contributed by atoms with Gasteiger partial charge < -0.3 is 0 Å². The van der Waals surface area contributed by atoms with Crippen molar-refractivity contribution in [1.82, 2.24) is 4.98 Å². The Morgan fingerprint density at radius 2 is 1.38 bits per heavy atom. The molecule has 1 heterocycles. The van der Waals surface area contributed by atoms with Gasteiger partial charge in [-0.15, -0.1) is 0 Å². The Morgan fingerprint density at radius 1 is 0.759 bits per heavy atom. The number of hydrogen-bond donors (Lipinski definition) is 0. The minimum atomic E-state index is -1.91. The molecule has 2 aliphatic carbocycles. The number of allylic oxidation sites excluding steroid dienone is 5. The number of benzene rings is 1. The number of hydrogen-bond acceptors (Lipinski definition) is 1. The second-order valence-electron chi connectivity index (χ2n) is 8.80. The first-order valence-electron chi connectivity index (χ1n) is 10.6. The Balaban J connectivity index is 1.96. The Kier molecular flexibility index (Phi) is 5.84. The van der Waals surface area contributed by atoms with Gasteiger partial charge in [0.25, 0.3) is 0 Å². The van der Waals surface area contributed by atoms with E-state index in [-0.39, 0.29) is 5.43 Å². The van der Waals surface area contributed by atoms with Gasteiger partial charge in [-0.2, -0.15) is 0 Å². The van der Waals surface area contributed by atoms with Gasteiger partial charge >= 0.3 is 185 Å². The zero-order chi connectivity index (χ0) is 20.9. The van der Waals surface area contributed by atoms with E-state index < -0.39 is 20.4 Å². The number of rotatable bonds is 3. The Labute approximate surface area is 183 Å². The van der Waals surface area contributed by atoms with E-state index in [1.165, 1.54) is 11.1 Å². The summed E-state index contributed by atoms with van der Waals surface area (Å²) in [6.07, 6.45) is 1.93. The monoisotopic (exact) mass is 475 g/mol. The van der Waals surface area contributed by atoms with Crippen LogP contribution in [0.3, 0.4) is 0 Å². The molecule has 0 aliphatic heterocycles. The van der Waals surface area contributed by atoms with Crippen LogP contribution in [0.4, 0.5) is 0 Å². The SMILES string of the molecule is CC1=C(C)[CH]([Zr]([CH]2C(C)=C(c3ccccn3)c3ccccc32)=[Si](C)C)C(C)=C1C. The van der Waals surface area contributed by atoms with E-state index in [4.69, 9.17) is 4.98 Å². The van der Waals surface area contributed by atoms with Crippen molar-refractivity contribution in [3.05, 3.63) is 93.3 Å². The molecule has 0 fully saturated rings. The maximum atomic E-state index is 4.75. The van der Waals surface area contributed by atoms with E-state index in [2.05, 4.69) is 84.1 Å². The second kappa shape index (κ2) is 8.08. The van der Waals surface area contributed by atoms with Gasteiger partial charge in [-0.05, 0) is 0 Å². The van der Waals surface area contributed by atoms with Crippen molar-refractivity contribution in [2.24, 2.45) is 0 Å². The van der Waals surface area contributed by atoms with E-state index in [1.54, 1.807) is 33.4 Å². The molecule has 0 amide bonds. The third kappa shape index (κ3) is 3.35. The predicted molar refractivity (Wildman–Crippen MR) is 123 cm³/mol. The van der Waals surface area contributed by atoms with Gasteiger partial charge in [0.05, 0.1) is 0 Å². The molecular formula is C26H31NSiZr. The summed E-state index contributed by atoms with van der Waals surface area (Å²) in [4.78, 5) is 4.75. The van der Waals surface area contributed by atoms with Gasteiger partial charge in [0.15, 0.2) is 0 Å². The quantitative estimate of drug-likeness (QED) is 0.423. The molecule has 0 N–H and O–H groups in total. The molecule has 0 saturated heterocycles. The molecular weight excluding hydrogens is 446 g/mol. The topological polar surface area (TPSA) is 12.9 Å². The average Bonchev–Trinajstić information content (AvgIpc) is 3.10. The average molecular weight is 477 g/mol. The van der Waals surface area contributed by atoms with Gasteiger partial charge in [-0.3, -0.25) is 0 Å². The van der Waals surface area contributed by atoms with Crippen molar-refractivity contribution in [2.75, 3.05) is 0 Å². The van der Waals surface area contributed by atoms with Crippen LogP contribution in [0, 0.1) is 0 Å². The molecule has 1 nitrogen and oxygen atoms in total. The fourth-order valence-corrected chi connectivity index (χ4v) is 26.9.